The van der Waals surface area contributed by atoms with Gasteiger partial charge in [0.1, 0.15) is 17.1 Å². The summed E-state index contributed by atoms with van der Waals surface area (Å²) in [6.45, 7) is 1.73. The maximum absolute atomic E-state index is 11.3. The molecule has 1 amide bonds. The van der Waals surface area contributed by atoms with Crippen LogP contribution in [-0.4, -0.2) is 39.1 Å². The second kappa shape index (κ2) is 2.99. The maximum atomic E-state index is 11.3. The number of aliphatic carboxylic acids is 1. The molecular weight excluding hydrogens is 204 g/mol. The molecule has 0 bridgehead atoms. The van der Waals surface area contributed by atoms with Crippen molar-refractivity contribution in [1.82, 2.24) is 4.90 Å². The molecule has 0 aromatic heterocycles. The van der Waals surface area contributed by atoms with Gasteiger partial charge in [0.2, 0.25) is 5.91 Å². The van der Waals surface area contributed by atoms with Gasteiger partial charge in [0.25, 0.3) is 0 Å². The molecule has 2 rings (SSSR count). The van der Waals surface area contributed by atoms with Gasteiger partial charge in [-0.15, -0.1) is 11.8 Å². The molecule has 0 aromatic rings. The Bertz CT molecular complexity index is 352. The van der Waals surface area contributed by atoms with Crippen molar-refractivity contribution in [3.05, 3.63) is 11.3 Å². The summed E-state index contributed by atoms with van der Waals surface area (Å²) in [6.07, 6.45) is 0. The number of hydrogen-bond acceptors (Lipinski definition) is 4. The quantitative estimate of drug-likeness (QED) is 0.580. The van der Waals surface area contributed by atoms with E-state index in [1.165, 1.54) is 16.7 Å². The van der Waals surface area contributed by atoms with Crippen LogP contribution >= 0.6 is 11.8 Å². The summed E-state index contributed by atoms with van der Waals surface area (Å²) in [5.74, 6) is -0.712. The smallest absolute Gasteiger partial charge is 0.352 e. The fraction of sp³-hybridized carbons (Fsp3) is 0.500. The van der Waals surface area contributed by atoms with E-state index < -0.39 is 12.0 Å². The summed E-state index contributed by atoms with van der Waals surface area (Å²) in [5.41, 5.74) is 6.39. The summed E-state index contributed by atoms with van der Waals surface area (Å²) in [7, 11) is 0. The molecule has 1 saturated heterocycles. The van der Waals surface area contributed by atoms with Gasteiger partial charge in [0.05, 0.1) is 0 Å². The third kappa shape index (κ3) is 1.07. The van der Waals surface area contributed by atoms with Crippen LogP contribution in [-0.2, 0) is 9.59 Å². The Morgan fingerprint density at radius 3 is 2.93 bits per heavy atom. The Balaban J connectivity index is 2.37. The average molecular weight is 214 g/mol. The minimum atomic E-state index is -1.05. The molecule has 0 radical (unpaired) electrons. The van der Waals surface area contributed by atoms with E-state index in [2.05, 4.69) is 0 Å². The molecule has 2 atom stereocenters. The predicted octanol–water partition coefficient (Wildman–Crippen LogP) is -0.413. The minimum absolute atomic E-state index is 0.112. The monoisotopic (exact) mass is 214 g/mol. The molecule has 2 heterocycles. The number of carboxylic acids is 1. The van der Waals surface area contributed by atoms with Gasteiger partial charge < -0.3 is 10.8 Å². The Labute approximate surface area is 84.9 Å². The fourth-order valence-corrected chi connectivity index (χ4v) is 2.91. The summed E-state index contributed by atoms with van der Waals surface area (Å²) >= 11 is 1.51. The van der Waals surface area contributed by atoms with E-state index in [9.17, 15) is 9.59 Å². The molecule has 76 valence electrons. The highest BCUT2D eigenvalue weighted by Gasteiger charge is 2.51. The van der Waals surface area contributed by atoms with Gasteiger partial charge in [-0.1, -0.05) is 0 Å². The topological polar surface area (TPSA) is 83.6 Å². The Kier molecular flexibility index (Phi) is 2.04. The fourth-order valence-electron chi connectivity index (χ4n) is 1.67. The predicted molar refractivity (Wildman–Crippen MR) is 51.4 cm³/mol. The first-order valence-electron chi connectivity index (χ1n) is 4.17. The molecule has 5 nitrogen and oxygen atoms in total. The van der Waals surface area contributed by atoms with Gasteiger partial charge >= 0.3 is 5.97 Å². The standard InChI is InChI=1S/C8H10N2O3S/c1-3-2-14-7-4(9)6(11)10(7)5(3)8(12)13/h4,7H,2,9H2,1H3,(H,12,13)/t4?,7-/m0/s1. The van der Waals surface area contributed by atoms with Crippen LogP contribution in [0, 0.1) is 0 Å². The number of carbonyl (C=O) groups is 2. The SMILES string of the molecule is CC1=C(C(=O)O)N2C(=O)C(N)[C@@H]2SC1. The van der Waals surface area contributed by atoms with Crippen molar-refractivity contribution in [2.75, 3.05) is 5.75 Å². The van der Waals surface area contributed by atoms with Gasteiger partial charge in [-0.05, 0) is 12.5 Å². The van der Waals surface area contributed by atoms with Gasteiger partial charge in [-0.3, -0.25) is 9.69 Å². The van der Waals surface area contributed by atoms with E-state index in [0.29, 0.717) is 5.75 Å². The lowest BCUT2D eigenvalue weighted by molar-refractivity contribution is -0.147. The van der Waals surface area contributed by atoms with Crippen LogP contribution in [0.15, 0.2) is 11.3 Å². The molecule has 1 unspecified atom stereocenters. The largest absolute Gasteiger partial charge is 0.477 e. The van der Waals surface area contributed by atoms with Crippen LogP contribution in [0.4, 0.5) is 0 Å². The molecule has 6 heteroatoms. The summed E-state index contributed by atoms with van der Waals surface area (Å²) in [5, 5.41) is 8.75. The van der Waals surface area contributed by atoms with Gasteiger partial charge in [-0.2, -0.15) is 0 Å². The van der Waals surface area contributed by atoms with Crippen molar-refractivity contribution in [1.29, 1.82) is 0 Å². The zero-order chi connectivity index (χ0) is 10.5. The Morgan fingerprint density at radius 1 is 1.71 bits per heavy atom. The van der Waals surface area contributed by atoms with E-state index in [0.717, 1.165) is 5.57 Å². The van der Waals surface area contributed by atoms with Crippen molar-refractivity contribution < 1.29 is 14.7 Å². The lowest BCUT2D eigenvalue weighted by atomic mass is 10.0. The van der Waals surface area contributed by atoms with Gasteiger partial charge in [-0.25, -0.2) is 4.79 Å². The number of β-lactam (4-membered cyclic amide) rings is 1. The zero-order valence-corrected chi connectivity index (χ0v) is 8.37. The Hall–Kier alpha value is -1.01. The third-order valence-corrected chi connectivity index (χ3v) is 3.85. The normalized spacial score (nSPS) is 31.3. The molecule has 1 fully saturated rings. The molecule has 0 aliphatic carbocycles. The van der Waals surface area contributed by atoms with E-state index >= 15 is 0 Å². The minimum Gasteiger partial charge on any atom is -0.477 e. The number of nitrogens with zero attached hydrogens (tertiary/aromatic N) is 1. The van der Waals surface area contributed by atoms with Crippen molar-refractivity contribution >= 4 is 23.6 Å². The van der Waals surface area contributed by atoms with Crippen molar-refractivity contribution in [2.45, 2.75) is 18.3 Å². The average Bonchev–Trinajstić information content (AvgIpc) is 2.15. The first kappa shape index (κ1) is 9.54. The first-order valence-corrected chi connectivity index (χ1v) is 5.22. The van der Waals surface area contributed by atoms with E-state index in [1.807, 2.05) is 0 Å². The molecule has 0 saturated carbocycles. The lowest BCUT2D eigenvalue weighted by Crippen LogP contribution is -2.68. The summed E-state index contributed by atoms with van der Waals surface area (Å²) < 4.78 is 0. The molecule has 3 N–H and O–H groups in total. The number of fused-ring (bicyclic) bond motifs is 1. The van der Waals surface area contributed by atoms with Crippen molar-refractivity contribution in [2.24, 2.45) is 5.73 Å². The number of carboxylic acid groups (broad SMARTS) is 1. The van der Waals surface area contributed by atoms with Crippen LogP contribution < -0.4 is 5.73 Å². The molecule has 2 aliphatic heterocycles. The van der Waals surface area contributed by atoms with E-state index in [-0.39, 0.29) is 17.0 Å². The molecule has 0 spiro atoms. The number of carbonyl (C=O) groups excluding carboxylic acids is 1. The third-order valence-electron chi connectivity index (χ3n) is 2.40. The number of thioether (sulfide) groups is 1. The van der Waals surface area contributed by atoms with Gasteiger partial charge in [0, 0.05) is 5.75 Å². The van der Waals surface area contributed by atoms with E-state index in [1.54, 1.807) is 6.92 Å². The van der Waals surface area contributed by atoms with Crippen LogP contribution in [0.2, 0.25) is 0 Å². The van der Waals surface area contributed by atoms with E-state index in [4.69, 9.17) is 10.8 Å². The van der Waals surface area contributed by atoms with Crippen LogP contribution in [0.25, 0.3) is 0 Å². The number of nitrogens with two attached hydrogens (primary N) is 1. The van der Waals surface area contributed by atoms with Crippen LogP contribution in [0.3, 0.4) is 0 Å². The molecule has 14 heavy (non-hydrogen) atoms. The number of hydrogen-bond donors (Lipinski definition) is 2. The van der Waals surface area contributed by atoms with Gasteiger partial charge in [0.15, 0.2) is 0 Å². The van der Waals surface area contributed by atoms with Crippen molar-refractivity contribution in [3.63, 3.8) is 0 Å². The number of rotatable bonds is 1. The first-order chi connectivity index (χ1) is 6.54. The summed E-state index contributed by atoms with van der Waals surface area (Å²) in [6, 6.07) is -0.539. The summed E-state index contributed by atoms with van der Waals surface area (Å²) in [4.78, 5) is 23.5. The maximum Gasteiger partial charge on any atom is 0.352 e. The van der Waals surface area contributed by atoms with Crippen LogP contribution in [0.5, 0.6) is 0 Å². The number of amides is 1. The molecule has 2 aliphatic rings. The highest BCUT2D eigenvalue weighted by atomic mass is 32.2. The second-order valence-electron chi connectivity index (χ2n) is 3.37. The highest BCUT2D eigenvalue weighted by molar-refractivity contribution is 8.00. The highest BCUT2D eigenvalue weighted by Crippen LogP contribution is 2.38. The lowest BCUT2D eigenvalue weighted by Gasteiger charge is -2.47. The second-order valence-corrected chi connectivity index (χ2v) is 4.47. The zero-order valence-electron chi connectivity index (χ0n) is 7.56. The van der Waals surface area contributed by atoms with Crippen LogP contribution in [0.1, 0.15) is 6.92 Å². The molecular formula is C8H10N2O3S. The Morgan fingerprint density at radius 2 is 2.36 bits per heavy atom. The van der Waals surface area contributed by atoms with Crippen molar-refractivity contribution in [3.8, 4) is 0 Å². The molecule has 0 aromatic carbocycles.